The fourth-order valence-corrected chi connectivity index (χ4v) is 4.89. The summed E-state index contributed by atoms with van der Waals surface area (Å²) in [5.74, 6) is -0.509. The van der Waals surface area contributed by atoms with Crippen LogP contribution in [0.4, 0.5) is 11.4 Å². The third-order valence-corrected chi connectivity index (χ3v) is 6.73. The van der Waals surface area contributed by atoms with Crippen LogP contribution in [0, 0.1) is 18.8 Å². The highest BCUT2D eigenvalue weighted by molar-refractivity contribution is 9.10. The van der Waals surface area contributed by atoms with Crippen molar-refractivity contribution in [2.24, 2.45) is 11.8 Å². The van der Waals surface area contributed by atoms with Gasteiger partial charge >= 0.3 is 0 Å². The number of rotatable bonds is 5. The Morgan fingerprint density at radius 2 is 2.03 bits per heavy atom. The maximum Gasteiger partial charge on any atom is 0.239 e. The molecule has 2 aliphatic heterocycles. The van der Waals surface area contributed by atoms with Crippen molar-refractivity contribution in [1.29, 1.82) is 0 Å². The highest BCUT2D eigenvalue weighted by Crippen LogP contribution is 2.30. The number of halogens is 2. The molecular weight excluding hydrogens is 466 g/mol. The van der Waals surface area contributed by atoms with E-state index in [4.69, 9.17) is 11.6 Å². The van der Waals surface area contributed by atoms with Gasteiger partial charge in [-0.3, -0.25) is 9.59 Å². The Bertz CT molecular complexity index is 967. The number of nitrogens with zero attached hydrogens (tertiary/aromatic N) is 2. The van der Waals surface area contributed by atoms with Crippen molar-refractivity contribution < 1.29 is 9.59 Å². The number of hydrogen-bond donors (Lipinski definition) is 1. The molecule has 2 fully saturated rings. The Hall–Kier alpha value is -2.05. The van der Waals surface area contributed by atoms with Crippen molar-refractivity contribution >= 4 is 50.7 Å². The largest absolute Gasteiger partial charge is 0.371 e. The Kier molecular flexibility index (Phi) is 6.34. The number of nitrogens with one attached hydrogen (secondary N) is 1. The normalized spacial score (nSPS) is 21.4. The number of benzene rings is 2. The number of aryl methyl sites for hydroxylation is 1. The maximum atomic E-state index is 12.8. The van der Waals surface area contributed by atoms with Gasteiger partial charge < -0.3 is 15.1 Å². The van der Waals surface area contributed by atoms with Gasteiger partial charge in [0, 0.05) is 47.0 Å². The van der Waals surface area contributed by atoms with Crippen molar-refractivity contribution in [2.45, 2.75) is 19.8 Å². The van der Waals surface area contributed by atoms with Gasteiger partial charge in [0.1, 0.15) is 5.92 Å². The quantitative estimate of drug-likeness (QED) is 0.632. The van der Waals surface area contributed by atoms with Crippen LogP contribution in [0.25, 0.3) is 0 Å². The molecule has 2 aliphatic rings. The summed E-state index contributed by atoms with van der Waals surface area (Å²) >= 11 is 9.60. The molecule has 2 atom stereocenters. The van der Waals surface area contributed by atoms with E-state index in [1.807, 2.05) is 42.5 Å². The molecule has 1 N–H and O–H groups in total. The molecule has 2 heterocycles. The first-order valence-electron chi connectivity index (χ1n) is 10.3. The molecule has 2 aromatic carbocycles. The molecule has 2 saturated heterocycles. The van der Waals surface area contributed by atoms with Crippen LogP contribution < -0.4 is 15.1 Å². The van der Waals surface area contributed by atoms with Gasteiger partial charge in [-0.1, -0.05) is 39.7 Å². The number of carbonyl (C=O) groups excluding carboxylic acids is 2. The highest BCUT2D eigenvalue weighted by atomic mass is 79.9. The summed E-state index contributed by atoms with van der Waals surface area (Å²) in [4.78, 5) is 29.5. The predicted molar refractivity (Wildman–Crippen MR) is 124 cm³/mol. The first kappa shape index (κ1) is 21.2. The molecule has 4 rings (SSSR count). The lowest BCUT2D eigenvalue weighted by Gasteiger charge is -2.21. The second-order valence-electron chi connectivity index (χ2n) is 8.09. The standard InChI is InChI=1S/C23H25BrClN3O2/c1-15-5-6-18(25)12-21(15)27-9-7-16(14-27)13-26-22(29)20-8-10-28(23(20)30)19-4-2-3-17(24)11-19/h2-6,11-12,16,20H,7-10,13-14H2,1H3,(H,26,29). The second kappa shape index (κ2) is 8.98. The molecule has 2 aromatic rings. The zero-order valence-corrected chi connectivity index (χ0v) is 19.2. The van der Waals surface area contributed by atoms with E-state index in [0.29, 0.717) is 25.4 Å². The average Bonchev–Trinajstić information content (AvgIpc) is 3.35. The molecule has 5 nitrogen and oxygen atoms in total. The van der Waals surface area contributed by atoms with Gasteiger partial charge in [-0.25, -0.2) is 0 Å². The summed E-state index contributed by atoms with van der Waals surface area (Å²) in [5.41, 5.74) is 3.19. The molecule has 2 amide bonds. The SMILES string of the molecule is Cc1ccc(Cl)cc1N1CCC(CNC(=O)C2CCN(c3cccc(Br)c3)C2=O)C1. The van der Waals surface area contributed by atoms with Crippen molar-refractivity contribution in [2.75, 3.05) is 36.0 Å². The molecule has 0 saturated carbocycles. The first-order valence-corrected chi connectivity index (χ1v) is 11.4. The van der Waals surface area contributed by atoms with Crippen molar-refractivity contribution in [1.82, 2.24) is 5.32 Å². The molecule has 158 valence electrons. The lowest BCUT2D eigenvalue weighted by molar-refractivity contribution is -0.132. The minimum atomic E-state index is -0.600. The van der Waals surface area contributed by atoms with Crippen molar-refractivity contribution in [3.05, 3.63) is 57.5 Å². The van der Waals surface area contributed by atoms with Crippen LogP contribution in [-0.2, 0) is 9.59 Å². The number of carbonyl (C=O) groups is 2. The Balaban J connectivity index is 1.31. The average molecular weight is 491 g/mol. The number of anilines is 2. The summed E-state index contributed by atoms with van der Waals surface area (Å²) in [6, 6.07) is 13.6. The molecule has 0 bridgehead atoms. The molecule has 0 aliphatic carbocycles. The van der Waals surface area contributed by atoms with Crippen LogP contribution in [-0.4, -0.2) is 38.0 Å². The van der Waals surface area contributed by atoms with Crippen molar-refractivity contribution in [3.63, 3.8) is 0 Å². The van der Waals surface area contributed by atoms with E-state index in [9.17, 15) is 9.59 Å². The van der Waals surface area contributed by atoms with Gasteiger partial charge in [0.2, 0.25) is 11.8 Å². The summed E-state index contributed by atoms with van der Waals surface area (Å²) in [6.07, 6.45) is 1.56. The summed E-state index contributed by atoms with van der Waals surface area (Å²) < 4.78 is 0.918. The van der Waals surface area contributed by atoms with Gasteiger partial charge in [-0.05, 0) is 61.6 Å². The van der Waals surface area contributed by atoms with E-state index in [-0.39, 0.29) is 11.8 Å². The zero-order valence-electron chi connectivity index (χ0n) is 16.9. The molecule has 30 heavy (non-hydrogen) atoms. The molecule has 0 aromatic heterocycles. The molecule has 2 unspecified atom stereocenters. The minimum Gasteiger partial charge on any atom is -0.371 e. The first-order chi connectivity index (χ1) is 14.4. The summed E-state index contributed by atoms with van der Waals surface area (Å²) in [7, 11) is 0. The lowest BCUT2D eigenvalue weighted by Crippen LogP contribution is -2.39. The Labute approximate surface area is 190 Å². The molecule has 0 radical (unpaired) electrons. The van der Waals surface area contributed by atoms with Gasteiger partial charge in [0.05, 0.1) is 0 Å². The van der Waals surface area contributed by atoms with E-state index in [0.717, 1.165) is 40.4 Å². The van der Waals surface area contributed by atoms with Gasteiger partial charge in [0.25, 0.3) is 0 Å². The van der Waals surface area contributed by atoms with Gasteiger partial charge in [-0.2, -0.15) is 0 Å². The van der Waals surface area contributed by atoms with E-state index >= 15 is 0 Å². The third-order valence-electron chi connectivity index (χ3n) is 6.00. The van der Waals surface area contributed by atoms with E-state index in [2.05, 4.69) is 33.1 Å². The van der Waals surface area contributed by atoms with Crippen molar-refractivity contribution in [3.8, 4) is 0 Å². The van der Waals surface area contributed by atoms with E-state index in [1.165, 1.54) is 5.56 Å². The maximum absolute atomic E-state index is 12.8. The van der Waals surface area contributed by atoms with Crippen LogP contribution in [0.15, 0.2) is 46.9 Å². The summed E-state index contributed by atoms with van der Waals surface area (Å²) in [5, 5.41) is 3.77. The fourth-order valence-electron chi connectivity index (χ4n) is 4.33. The highest BCUT2D eigenvalue weighted by Gasteiger charge is 2.38. The van der Waals surface area contributed by atoms with Crippen LogP contribution in [0.2, 0.25) is 5.02 Å². The van der Waals surface area contributed by atoms with E-state index in [1.54, 1.807) is 4.90 Å². The third kappa shape index (κ3) is 4.49. The van der Waals surface area contributed by atoms with Crippen LogP contribution >= 0.6 is 27.5 Å². The van der Waals surface area contributed by atoms with Crippen LogP contribution in [0.5, 0.6) is 0 Å². The second-order valence-corrected chi connectivity index (χ2v) is 9.44. The molecule has 0 spiro atoms. The fraction of sp³-hybridized carbons (Fsp3) is 0.391. The Morgan fingerprint density at radius 3 is 2.83 bits per heavy atom. The monoisotopic (exact) mass is 489 g/mol. The zero-order chi connectivity index (χ0) is 21.3. The van der Waals surface area contributed by atoms with Gasteiger partial charge in [0.15, 0.2) is 0 Å². The van der Waals surface area contributed by atoms with Crippen LogP contribution in [0.3, 0.4) is 0 Å². The predicted octanol–water partition coefficient (Wildman–Crippen LogP) is 4.41. The van der Waals surface area contributed by atoms with E-state index < -0.39 is 5.92 Å². The molecular formula is C23H25BrClN3O2. The smallest absolute Gasteiger partial charge is 0.239 e. The number of hydrogen-bond acceptors (Lipinski definition) is 3. The summed E-state index contributed by atoms with van der Waals surface area (Å²) in [6.45, 7) is 5.07. The number of amides is 2. The minimum absolute atomic E-state index is 0.117. The Morgan fingerprint density at radius 1 is 1.20 bits per heavy atom. The lowest BCUT2D eigenvalue weighted by atomic mass is 10.1. The van der Waals surface area contributed by atoms with Gasteiger partial charge in [-0.15, -0.1) is 0 Å². The van der Waals surface area contributed by atoms with Crippen LogP contribution in [0.1, 0.15) is 18.4 Å². The molecule has 7 heteroatoms. The topological polar surface area (TPSA) is 52.7 Å².